The van der Waals surface area contributed by atoms with Crippen molar-refractivity contribution in [1.29, 1.82) is 5.41 Å². The molecule has 0 spiro atoms. The molecule has 0 fully saturated rings. The van der Waals surface area contributed by atoms with Crippen LogP contribution in [0.2, 0.25) is 0 Å². The highest BCUT2D eigenvalue weighted by Gasteiger charge is 2.10. The van der Waals surface area contributed by atoms with Crippen LogP contribution in [0.3, 0.4) is 0 Å². The molecule has 0 radical (unpaired) electrons. The van der Waals surface area contributed by atoms with Gasteiger partial charge in [-0.25, -0.2) is 4.39 Å². The minimum absolute atomic E-state index is 0.109. The Morgan fingerprint density at radius 1 is 1.58 bits per heavy atom. The summed E-state index contributed by atoms with van der Waals surface area (Å²) in [6.45, 7) is 0. The number of phenolic OH excluding ortho intramolecular Hbond substituents is 1. The van der Waals surface area contributed by atoms with E-state index in [9.17, 15) is 4.39 Å². The van der Waals surface area contributed by atoms with Crippen LogP contribution in [0.1, 0.15) is 5.56 Å². The molecule has 0 aliphatic rings. The zero-order chi connectivity index (χ0) is 9.30. The Bertz CT molecular complexity index is 340. The third kappa shape index (κ3) is 1.55. The van der Waals surface area contributed by atoms with Gasteiger partial charge in [0.1, 0.15) is 5.84 Å². The van der Waals surface area contributed by atoms with Crippen molar-refractivity contribution in [3.8, 4) is 5.75 Å². The maximum absolute atomic E-state index is 12.9. The number of nitrogens with one attached hydrogen (secondary N) is 1. The number of amidine groups is 1. The Morgan fingerprint density at radius 3 is 2.67 bits per heavy atom. The minimum atomic E-state index is -0.870. The highest BCUT2D eigenvalue weighted by molar-refractivity contribution is 9.10. The van der Waals surface area contributed by atoms with Crippen LogP contribution in [0.4, 0.5) is 4.39 Å². The van der Waals surface area contributed by atoms with Crippen molar-refractivity contribution in [3.63, 3.8) is 0 Å². The molecule has 0 unspecified atom stereocenters. The van der Waals surface area contributed by atoms with E-state index in [0.29, 0.717) is 4.47 Å². The van der Waals surface area contributed by atoms with E-state index in [2.05, 4.69) is 15.9 Å². The topological polar surface area (TPSA) is 70.1 Å². The van der Waals surface area contributed by atoms with Crippen LogP contribution in [-0.4, -0.2) is 10.9 Å². The van der Waals surface area contributed by atoms with Crippen LogP contribution in [-0.2, 0) is 0 Å². The van der Waals surface area contributed by atoms with Gasteiger partial charge in [0, 0.05) is 4.47 Å². The lowest BCUT2D eigenvalue weighted by Crippen LogP contribution is -2.13. The smallest absolute Gasteiger partial charge is 0.175 e. The lowest BCUT2D eigenvalue weighted by Gasteiger charge is -2.02. The summed E-state index contributed by atoms with van der Waals surface area (Å²) in [5.74, 6) is -1.80. The standard InChI is InChI=1S/C7H6BrFN2O/c8-3-1-4(7(10)11)6(9)5(12)2-3/h1-2,12H,(H3,10,11). The SMILES string of the molecule is N=C(N)c1cc(Br)cc(O)c1F. The molecule has 64 valence electrons. The molecular formula is C7H6BrFN2O. The maximum Gasteiger partial charge on any atom is 0.175 e. The Kier molecular flexibility index (Phi) is 2.32. The normalized spacial score (nSPS) is 9.83. The highest BCUT2D eigenvalue weighted by atomic mass is 79.9. The number of phenols is 1. The molecule has 0 aliphatic carbocycles. The van der Waals surface area contributed by atoms with E-state index in [1.807, 2.05) is 0 Å². The van der Waals surface area contributed by atoms with Gasteiger partial charge < -0.3 is 10.8 Å². The maximum atomic E-state index is 12.9. The van der Waals surface area contributed by atoms with Crippen LogP contribution in [0.25, 0.3) is 0 Å². The molecule has 0 aromatic heterocycles. The number of benzene rings is 1. The van der Waals surface area contributed by atoms with Crippen molar-refractivity contribution in [2.45, 2.75) is 0 Å². The van der Waals surface area contributed by atoms with Gasteiger partial charge in [0.2, 0.25) is 0 Å². The third-order valence-electron chi connectivity index (χ3n) is 1.31. The van der Waals surface area contributed by atoms with Crippen LogP contribution in [0, 0.1) is 11.2 Å². The van der Waals surface area contributed by atoms with Crippen molar-refractivity contribution in [2.75, 3.05) is 0 Å². The van der Waals surface area contributed by atoms with E-state index >= 15 is 0 Å². The van der Waals surface area contributed by atoms with Gasteiger partial charge in [-0.3, -0.25) is 5.41 Å². The first-order valence-electron chi connectivity index (χ1n) is 3.04. The Morgan fingerprint density at radius 2 is 2.17 bits per heavy atom. The van der Waals surface area contributed by atoms with Crippen molar-refractivity contribution < 1.29 is 9.50 Å². The van der Waals surface area contributed by atoms with Crippen LogP contribution in [0.15, 0.2) is 16.6 Å². The van der Waals surface area contributed by atoms with E-state index in [-0.39, 0.29) is 5.56 Å². The molecule has 0 aliphatic heterocycles. The van der Waals surface area contributed by atoms with E-state index in [1.165, 1.54) is 12.1 Å². The summed E-state index contributed by atoms with van der Waals surface area (Å²) < 4.78 is 13.4. The molecule has 1 aromatic carbocycles. The average molecular weight is 233 g/mol. The summed E-state index contributed by atoms with van der Waals surface area (Å²) in [5.41, 5.74) is 4.95. The van der Waals surface area contributed by atoms with Gasteiger partial charge in [0.25, 0.3) is 0 Å². The lowest BCUT2D eigenvalue weighted by atomic mass is 10.2. The van der Waals surface area contributed by atoms with Gasteiger partial charge in [0.05, 0.1) is 5.56 Å². The molecule has 1 aromatic rings. The van der Waals surface area contributed by atoms with Crippen LogP contribution >= 0.6 is 15.9 Å². The fourth-order valence-electron chi connectivity index (χ4n) is 0.771. The first kappa shape index (κ1) is 8.99. The molecule has 0 saturated carbocycles. The number of hydrogen-bond acceptors (Lipinski definition) is 2. The van der Waals surface area contributed by atoms with E-state index in [4.69, 9.17) is 16.2 Å². The molecule has 0 heterocycles. The molecule has 0 atom stereocenters. The second-order valence-electron chi connectivity index (χ2n) is 2.20. The predicted octanol–water partition coefficient (Wildman–Crippen LogP) is 1.58. The molecule has 3 nitrogen and oxygen atoms in total. The molecule has 0 bridgehead atoms. The summed E-state index contributed by atoms with van der Waals surface area (Å²) in [7, 11) is 0. The van der Waals surface area contributed by atoms with E-state index < -0.39 is 17.4 Å². The van der Waals surface area contributed by atoms with Crippen molar-refractivity contribution in [2.24, 2.45) is 5.73 Å². The second kappa shape index (κ2) is 3.10. The Hall–Kier alpha value is -1.10. The number of nitrogen functional groups attached to an aromatic ring is 1. The summed E-state index contributed by atoms with van der Waals surface area (Å²) in [6.07, 6.45) is 0. The van der Waals surface area contributed by atoms with Crippen molar-refractivity contribution in [1.82, 2.24) is 0 Å². The molecule has 12 heavy (non-hydrogen) atoms. The zero-order valence-electron chi connectivity index (χ0n) is 5.94. The third-order valence-corrected chi connectivity index (χ3v) is 1.77. The Balaban J connectivity index is 3.37. The largest absolute Gasteiger partial charge is 0.505 e. The summed E-state index contributed by atoms with van der Waals surface area (Å²) in [6, 6.07) is 2.53. The van der Waals surface area contributed by atoms with Gasteiger partial charge in [-0.15, -0.1) is 0 Å². The molecular weight excluding hydrogens is 227 g/mol. The average Bonchev–Trinajstić information content (AvgIpc) is 1.96. The van der Waals surface area contributed by atoms with E-state index in [1.54, 1.807) is 0 Å². The summed E-state index contributed by atoms with van der Waals surface area (Å²) >= 11 is 3.04. The molecule has 4 N–H and O–H groups in total. The monoisotopic (exact) mass is 232 g/mol. The zero-order valence-corrected chi connectivity index (χ0v) is 7.52. The number of nitrogens with two attached hydrogens (primary N) is 1. The first-order chi connectivity index (χ1) is 5.52. The van der Waals surface area contributed by atoms with Crippen LogP contribution in [0.5, 0.6) is 5.75 Å². The fourth-order valence-corrected chi connectivity index (χ4v) is 1.22. The number of aromatic hydroxyl groups is 1. The number of hydrogen-bond donors (Lipinski definition) is 3. The Labute approximate surface area is 76.6 Å². The first-order valence-corrected chi connectivity index (χ1v) is 3.84. The van der Waals surface area contributed by atoms with Gasteiger partial charge >= 0.3 is 0 Å². The number of rotatable bonds is 1. The number of halogens is 2. The summed E-state index contributed by atoms with van der Waals surface area (Å²) in [5, 5.41) is 15.9. The summed E-state index contributed by atoms with van der Waals surface area (Å²) in [4.78, 5) is 0. The molecule has 0 saturated heterocycles. The quantitative estimate of drug-likeness (QED) is 0.509. The second-order valence-corrected chi connectivity index (χ2v) is 3.12. The molecule has 5 heteroatoms. The lowest BCUT2D eigenvalue weighted by molar-refractivity contribution is 0.431. The van der Waals surface area contributed by atoms with Gasteiger partial charge in [-0.05, 0) is 12.1 Å². The van der Waals surface area contributed by atoms with Crippen LogP contribution < -0.4 is 5.73 Å². The molecule has 1 rings (SSSR count). The van der Waals surface area contributed by atoms with Crippen molar-refractivity contribution in [3.05, 3.63) is 28.0 Å². The highest BCUT2D eigenvalue weighted by Crippen LogP contribution is 2.24. The fraction of sp³-hybridized carbons (Fsp3) is 0. The molecule has 0 amide bonds. The minimum Gasteiger partial charge on any atom is -0.505 e. The van der Waals surface area contributed by atoms with Gasteiger partial charge in [-0.2, -0.15) is 0 Å². The van der Waals surface area contributed by atoms with Crippen molar-refractivity contribution >= 4 is 21.8 Å². The predicted molar refractivity (Wildman–Crippen MR) is 46.8 cm³/mol. The van der Waals surface area contributed by atoms with Gasteiger partial charge in [0.15, 0.2) is 11.6 Å². The van der Waals surface area contributed by atoms with E-state index in [0.717, 1.165) is 0 Å². The van der Waals surface area contributed by atoms with Gasteiger partial charge in [-0.1, -0.05) is 15.9 Å².